The van der Waals surface area contributed by atoms with Crippen LogP contribution in [0.3, 0.4) is 0 Å². The first-order valence-corrected chi connectivity index (χ1v) is 6.34. The van der Waals surface area contributed by atoms with Crippen molar-refractivity contribution in [2.75, 3.05) is 12.3 Å². The van der Waals surface area contributed by atoms with Crippen LogP contribution in [-0.4, -0.2) is 26.7 Å². The molecular weight excluding hydrogens is 275 g/mol. The second-order valence-corrected chi connectivity index (χ2v) is 4.68. The predicted octanol–water partition coefficient (Wildman–Crippen LogP) is 1.10. The highest BCUT2D eigenvalue weighted by atomic mass is 19.1. The Morgan fingerprint density at radius 1 is 1.33 bits per heavy atom. The Balaban J connectivity index is 2.23. The van der Waals surface area contributed by atoms with Gasteiger partial charge in [-0.1, -0.05) is 18.2 Å². The predicted molar refractivity (Wildman–Crippen MR) is 76.5 cm³/mol. The van der Waals surface area contributed by atoms with Gasteiger partial charge in [0.15, 0.2) is 0 Å². The Morgan fingerprint density at radius 3 is 2.81 bits per heavy atom. The number of halogens is 1. The fourth-order valence-corrected chi connectivity index (χ4v) is 2.44. The van der Waals surface area contributed by atoms with Crippen molar-refractivity contribution in [2.45, 2.75) is 5.92 Å². The molecule has 21 heavy (non-hydrogen) atoms. The van der Waals surface area contributed by atoms with Crippen LogP contribution in [0, 0.1) is 5.82 Å². The first-order chi connectivity index (χ1) is 10.1. The van der Waals surface area contributed by atoms with E-state index in [9.17, 15) is 14.3 Å². The molecule has 1 atom stereocenters. The second kappa shape index (κ2) is 5.02. The van der Waals surface area contributed by atoms with Crippen LogP contribution in [0.25, 0.3) is 11.0 Å². The monoisotopic (exact) mass is 288 g/mol. The standard InChI is InChI=1S/C14H13FN4O2/c15-10-4-2-1-3-7(10)9(6-20)8-5-17-12-11(8)18-14(16)19-13(12)21/h1-5,9,17,20H,6H2,(H3,16,18,19,21). The van der Waals surface area contributed by atoms with Gasteiger partial charge in [0.2, 0.25) is 5.95 Å². The van der Waals surface area contributed by atoms with Gasteiger partial charge in [0.25, 0.3) is 5.56 Å². The van der Waals surface area contributed by atoms with Crippen LogP contribution >= 0.6 is 0 Å². The maximum atomic E-state index is 13.9. The number of rotatable bonds is 3. The van der Waals surface area contributed by atoms with E-state index >= 15 is 0 Å². The third kappa shape index (κ3) is 2.17. The summed E-state index contributed by atoms with van der Waals surface area (Å²) in [6.45, 7) is -0.317. The summed E-state index contributed by atoms with van der Waals surface area (Å²) >= 11 is 0. The molecule has 2 aromatic heterocycles. The molecule has 5 N–H and O–H groups in total. The van der Waals surface area contributed by atoms with Crippen LogP contribution < -0.4 is 11.3 Å². The average molecular weight is 288 g/mol. The summed E-state index contributed by atoms with van der Waals surface area (Å²) in [4.78, 5) is 21.0. The molecule has 0 amide bonds. The molecule has 6 nitrogen and oxygen atoms in total. The Bertz CT molecular complexity index is 856. The van der Waals surface area contributed by atoms with Crippen molar-refractivity contribution in [3.63, 3.8) is 0 Å². The van der Waals surface area contributed by atoms with Crippen molar-refractivity contribution < 1.29 is 9.50 Å². The molecule has 0 aliphatic rings. The van der Waals surface area contributed by atoms with E-state index in [0.717, 1.165) is 0 Å². The van der Waals surface area contributed by atoms with E-state index in [0.29, 0.717) is 16.6 Å². The lowest BCUT2D eigenvalue weighted by Gasteiger charge is -2.14. The fourth-order valence-electron chi connectivity index (χ4n) is 2.44. The number of fused-ring (bicyclic) bond motifs is 1. The number of hydrogen-bond donors (Lipinski definition) is 4. The van der Waals surface area contributed by atoms with Gasteiger partial charge < -0.3 is 15.8 Å². The number of nitrogens with zero attached hydrogens (tertiary/aromatic N) is 1. The summed E-state index contributed by atoms with van der Waals surface area (Å²) < 4.78 is 13.9. The van der Waals surface area contributed by atoms with Gasteiger partial charge in [0.1, 0.15) is 16.9 Å². The Morgan fingerprint density at radius 2 is 2.10 bits per heavy atom. The number of hydrogen-bond acceptors (Lipinski definition) is 4. The lowest BCUT2D eigenvalue weighted by Crippen LogP contribution is -2.12. The molecule has 3 aromatic rings. The number of aromatic amines is 2. The highest BCUT2D eigenvalue weighted by Gasteiger charge is 2.22. The van der Waals surface area contributed by atoms with Gasteiger partial charge in [-0.05, 0) is 11.6 Å². The van der Waals surface area contributed by atoms with Crippen molar-refractivity contribution in [1.29, 1.82) is 0 Å². The largest absolute Gasteiger partial charge is 0.395 e. The van der Waals surface area contributed by atoms with Crippen LogP contribution in [0.5, 0.6) is 0 Å². The molecule has 0 saturated heterocycles. The topological polar surface area (TPSA) is 108 Å². The molecule has 0 aliphatic carbocycles. The third-order valence-corrected chi connectivity index (χ3v) is 3.42. The third-order valence-electron chi connectivity index (χ3n) is 3.42. The lowest BCUT2D eigenvalue weighted by molar-refractivity contribution is 0.278. The summed E-state index contributed by atoms with van der Waals surface area (Å²) in [7, 11) is 0. The quantitative estimate of drug-likeness (QED) is 0.578. The van der Waals surface area contributed by atoms with Gasteiger partial charge in [0.05, 0.1) is 6.61 Å². The van der Waals surface area contributed by atoms with Crippen LogP contribution in [0.15, 0.2) is 35.3 Å². The first kappa shape index (κ1) is 13.3. The minimum Gasteiger partial charge on any atom is -0.395 e. The lowest BCUT2D eigenvalue weighted by atomic mass is 9.93. The molecule has 1 aromatic carbocycles. The molecule has 0 aliphatic heterocycles. The van der Waals surface area contributed by atoms with Gasteiger partial charge in [0, 0.05) is 17.7 Å². The molecule has 0 saturated carbocycles. The number of aliphatic hydroxyl groups is 1. The second-order valence-electron chi connectivity index (χ2n) is 4.68. The number of benzene rings is 1. The zero-order valence-electron chi connectivity index (χ0n) is 10.9. The van der Waals surface area contributed by atoms with Crippen molar-refractivity contribution in [2.24, 2.45) is 0 Å². The highest BCUT2D eigenvalue weighted by Crippen LogP contribution is 2.30. The molecule has 0 radical (unpaired) electrons. The number of nitrogens with one attached hydrogen (secondary N) is 2. The first-order valence-electron chi connectivity index (χ1n) is 6.34. The summed E-state index contributed by atoms with van der Waals surface area (Å²) in [6, 6.07) is 6.17. The summed E-state index contributed by atoms with van der Waals surface area (Å²) in [5.74, 6) is -1.09. The van der Waals surface area contributed by atoms with Crippen LogP contribution in [0.4, 0.5) is 10.3 Å². The van der Waals surface area contributed by atoms with E-state index in [1.54, 1.807) is 24.4 Å². The SMILES string of the molecule is Nc1nc2c(C(CO)c3ccccc3F)c[nH]c2c(=O)[nH]1. The Hall–Kier alpha value is -2.67. The van der Waals surface area contributed by atoms with E-state index < -0.39 is 17.3 Å². The van der Waals surface area contributed by atoms with Gasteiger partial charge in [-0.15, -0.1) is 0 Å². The van der Waals surface area contributed by atoms with E-state index in [-0.39, 0.29) is 18.1 Å². The van der Waals surface area contributed by atoms with Crippen LogP contribution in [0.1, 0.15) is 17.0 Å². The Kier molecular flexibility index (Phi) is 3.19. The van der Waals surface area contributed by atoms with E-state index in [1.807, 2.05) is 0 Å². The van der Waals surface area contributed by atoms with E-state index in [1.165, 1.54) is 6.07 Å². The maximum absolute atomic E-state index is 13.9. The van der Waals surface area contributed by atoms with Crippen molar-refractivity contribution >= 4 is 17.0 Å². The van der Waals surface area contributed by atoms with Crippen LogP contribution in [-0.2, 0) is 0 Å². The molecule has 7 heteroatoms. The molecule has 0 bridgehead atoms. The summed E-state index contributed by atoms with van der Waals surface area (Å²) in [6.07, 6.45) is 1.54. The summed E-state index contributed by atoms with van der Waals surface area (Å²) in [5, 5.41) is 9.65. The number of anilines is 1. The van der Waals surface area contributed by atoms with Gasteiger partial charge in [-0.2, -0.15) is 0 Å². The van der Waals surface area contributed by atoms with Gasteiger partial charge in [-0.3, -0.25) is 9.78 Å². The smallest absolute Gasteiger partial charge is 0.276 e. The fraction of sp³-hybridized carbons (Fsp3) is 0.143. The van der Waals surface area contributed by atoms with Crippen molar-refractivity contribution in [3.8, 4) is 0 Å². The molecule has 1 unspecified atom stereocenters. The number of H-pyrrole nitrogens is 2. The molecule has 3 rings (SSSR count). The minimum atomic E-state index is -0.631. The Labute approximate surface area is 118 Å². The highest BCUT2D eigenvalue weighted by molar-refractivity contribution is 5.80. The molecule has 0 fully saturated rings. The van der Waals surface area contributed by atoms with Gasteiger partial charge >= 0.3 is 0 Å². The molecule has 2 heterocycles. The zero-order valence-corrected chi connectivity index (χ0v) is 10.9. The average Bonchev–Trinajstić information content (AvgIpc) is 2.86. The van der Waals surface area contributed by atoms with Gasteiger partial charge in [-0.25, -0.2) is 9.37 Å². The summed E-state index contributed by atoms with van der Waals surface area (Å²) in [5.41, 5.74) is 6.57. The number of aromatic nitrogens is 3. The van der Waals surface area contributed by atoms with E-state index in [4.69, 9.17) is 5.73 Å². The number of nitrogens with two attached hydrogens (primary N) is 1. The molecule has 108 valence electrons. The number of aliphatic hydroxyl groups excluding tert-OH is 1. The zero-order chi connectivity index (χ0) is 15.0. The molecular formula is C14H13FN4O2. The molecule has 0 spiro atoms. The maximum Gasteiger partial charge on any atom is 0.276 e. The van der Waals surface area contributed by atoms with Crippen molar-refractivity contribution in [1.82, 2.24) is 15.0 Å². The minimum absolute atomic E-state index is 0.0291. The number of nitrogen functional groups attached to an aromatic ring is 1. The van der Waals surface area contributed by atoms with E-state index in [2.05, 4.69) is 15.0 Å². The van der Waals surface area contributed by atoms with Crippen molar-refractivity contribution in [3.05, 3.63) is 57.8 Å². The van der Waals surface area contributed by atoms with Crippen LogP contribution in [0.2, 0.25) is 0 Å². The normalized spacial score (nSPS) is 12.7.